The van der Waals surface area contributed by atoms with Crippen molar-refractivity contribution in [3.63, 3.8) is 0 Å². The molecule has 3 aromatic heterocycles. The van der Waals surface area contributed by atoms with Crippen LogP contribution in [0.1, 0.15) is 30.0 Å². The number of H-pyrrole nitrogens is 1. The van der Waals surface area contributed by atoms with Crippen LogP contribution in [0.3, 0.4) is 0 Å². The Hall–Kier alpha value is -5.72. The lowest BCUT2D eigenvalue weighted by Crippen LogP contribution is -2.38. The van der Waals surface area contributed by atoms with Gasteiger partial charge in [-0.25, -0.2) is 0 Å². The van der Waals surface area contributed by atoms with E-state index in [2.05, 4.69) is 15.6 Å². The molecule has 228 valence electrons. The van der Waals surface area contributed by atoms with Crippen molar-refractivity contribution in [3.05, 3.63) is 108 Å². The molecular formula is C37H32N6O3. The molecule has 1 atom stereocenters. The van der Waals surface area contributed by atoms with Gasteiger partial charge in [-0.1, -0.05) is 54.6 Å². The van der Waals surface area contributed by atoms with Crippen LogP contribution in [0.5, 0.6) is 0 Å². The molecule has 0 saturated heterocycles. The number of amides is 2. The number of para-hydroxylation sites is 3. The molecule has 9 heteroatoms. The lowest BCUT2D eigenvalue weighted by Gasteiger charge is -2.16. The molecule has 9 nitrogen and oxygen atoms in total. The van der Waals surface area contributed by atoms with Gasteiger partial charge in [0.1, 0.15) is 6.54 Å². The van der Waals surface area contributed by atoms with Crippen LogP contribution in [-0.4, -0.2) is 49.2 Å². The molecule has 3 aromatic carbocycles. The Morgan fingerprint density at radius 1 is 0.848 bits per heavy atom. The van der Waals surface area contributed by atoms with Gasteiger partial charge in [-0.05, 0) is 37.1 Å². The van der Waals surface area contributed by atoms with Crippen molar-refractivity contribution in [2.75, 3.05) is 6.54 Å². The summed E-state index contributed by atoms with van der Waals surface area (Å²) in [5.74, 6) is -1.14. The molecule has 6 aromatic rings. The molecular weight excluding hydrogens is 576 g/mol. The minimum absolute atomic E-state index is 0.0610. The summed E-state index contributed by atoms with van der Waals surface area (Å²) in [5, 5.41) is 12.1. The van der Waals surface area contributed by atoms with E-state index in [-0.39, 0.29) is 30.9 Å². The van der Waals surface area contributed by atoms with Gasteiger partial charge in [0.15, 0.2) is 5.78 Å². The van der Waals surface area contributed by atoms with E-state index in [4.69, 9.17) is 5.73 Å². The number of Topliss-reactive ketones (excluding diaryl/α,β-unsaturated/α-hetero) is 1. The van der Waals surface area contributed by atoms with Crippen LogP contribution in [-0.2, 0) is 33.9 Å². The van der Waals surface area contributed by atoms with Crippen molar-refractivity contribution >= 4 is 61.5 Å². The monoisotopic (exact) mass is 608 g/mol. The number of carbonyl (C=O) groups excluding carboxylic acids is 3. The predicted octanol–water partition coefficient (Wildman–Crippen LogP) is 5.43. The maximum Gasteiger partial charge on any atom is 0.262 e. The van der Waals surface area contributed by atoms with Crippen molar-refractivity contribution in [1.82, 2.24) is 19.0 Å². The van der Waals surface area contributed by atoms with E-state index < -0.39 is 17.9 Å². The summed E-state index contributed by atoms with van der Waals surface area (Å²) in [6, 6.07) is 24.6. The number of nitrogens with one attached hydrogen (secondary N) is 1. The number of imide groups is 1. The summed E-state index contributed by atoms with van der Waals surface area (Å²) in [7, 11) is 0. The third-order valence-corrected chi connectivity index (χ3v) is 8.98. The summed E-state index contributed by atoms with van der Waals surface area (Å²) in [6.45, 7) is 2.71. The minimum Gasteiger partial charge on any atom is -0.361 e. The zero-order valence-corrected chi connectivity index (χ0v) is 25.4. The normalized spacial score (nSPS) is 14.2. The first-order valence-corrected chi connectivity index (χ1v) is 15.4. The smallest absolute Gasteiger partial charge is 0.262 e. The van der Waals surface area contributed by atoms with Gasteiger partial charge in [-0.2, -0.15) is 5.26 Å². The number of hydrogen-bond acceptors (Lipinski definition) is 5. The first kappa shape index (κ1) is 29.0. The van der Waals surface area contributed by atoms with Crippen molar-refractivity contribution in [3.8, 4) is 6.07 Å². The fraction of sp³-hybridized carbons (Fsp3) is 0.189. The van der Waals surface area contributed by atoms with Gasteiger partial charge in [0.2, 0.25) is 0 Å². The highest BCUT2D eigenvalue weighted by atomic mass is 16.2. The van der Waals surface area contributed by atoms with Gasteiger partial charge >= 0.3 is 0 Å². The second-order valence-electron chi connectivity index (χ2n) is 11.6. The molecule has 1 aliphatic heterocycles. The highest BCUT2D eigenvalue weighted by Gasteiger charge is 2.41. The summed E-state index contributed by atoms with van der Waals surface area (Å²) in [6.07, 6.45) is 5.84. The molecule has 0 aliphatic carbocycles. The van der Waals surface area contributed by atoms with E-state index in [1.165, 1.54) is 4.90 Å². The Morgan fingerprint density at radius 2 is 1.41 bits per heavy atom. The summed E-state index contributed by atoms with van der Waals surface area (Å²) in [5.41, 5.74) is 11.8. The lowest BCUT2D eigenvalue weighted by atomic mass is 9.95. The molecule has 0 radical (unpaired) electrons. The minimum atomic E-state index is -0.787. The molecule has 0 fully saturated rings. The predicted molar refractivity (Wildman–Crippen MR) is 178 cm³/mol. The number of nitrogens with zero attached hydrogens (tertiary/aromatic N) is 4. The quantitative estimate of drug-likeness (QED) is 0.200. The van der Waals surface area contributed by atoms with Crippen LogP contribution >= 0.6 is 0 Å². The molecule has 2 amide bonds. The molecule has 0 bridgehead atoms. The van der Waals surface area contributed by atoms with Crippen molar-refractivity contribution in [2.24, 2.45) is 5.73 Å². The number of fused-ring (bicyclic) bond motifs is 3. The average molecular weight is 609 g/mol. The molecule has 0 unspecified atom stereocenters. The first-order chi connectivity index (χ1) is 22.4. The van der Waals surface area contributed by atoms with Crippen LogP contribution in [0.2, 0.25) is 0 Å². The zero-order chi connectivity index (χ0) is 31.9. The molecule has 1 aliphatic rings. The number of rotatable bonds is 10. The number of carbonyl (C=O) groups is 3. The van der Waals surface area contributed by atoms with Gasteiger partial charge in [0.05, 0.1) is 23.3 Å². The van der Waals surface area contributed by atoms with Gasteiger partial charge in [-0.3, -0.25) is 19.3 Å². The Labute approximate surface area is 265 Å². The van der Waals surface area contributed by atoms with Crippen LogP contribution in [0.4, 0.5) is 0 Å². The first-order valence-electron chi connectivity index (χ1n) is 15.4. The largest absolute Gasteiger partial charge is 0.361 e. The number of aryl methyl sites for hydroxylation is 1. The van der Waals surface area contributed by atoms with Gasteiger partial charge in [-0.15, -0.1) is 0 Å². The fourth-order valence-corrected chi connectivity index (χ4v) is 6.70. The van der Waals surface area contributed by atoms with E-state index in [0.717, 1.165) is 38.3 Å². The Bertz CT molecular complexity index is 2260. The molecule has 4 heterocycles. The second kappa shape index (κ2) is 11.7. The number of aromatic amines is 1. The molecule has 7 rings (SSSR count). The molecule has 46 heavy (non-hydrogen) atoms. The number of nitriles is 1. The van der Waals surface area contributed by atoms with Crippen LogP contribution in [0.25, 0.3) is 43.9 Å². The number of benzene rings is 3. The highest BCUT2D eigenvalue weighted by molar-refractivity contribution is 6.50. The highest BCUT2D eigenvalue weighted by Crippen LogP contribution is 2.42. The third-order valence-electron chi connectivity index (χ3n) is 8.98. The topological polar surface area (TPSA) is 130 Å². The van der Waals surface area contributed by atoms with Crippen molar-refractivity contribution in [2.45, 2.75) is 38.9 Å². The van der Waals surface area contributed by atoms with Crippen LogP contribution in [0, 0.1) is 11.3 Å². The van der Waals surface area contributed by atoms with E-state index in [1.54, 1.807) is 10.8 Å². The molecule has 0 spiro atoms. The Balaban J connectivity index is 1.26. The van der Waals surface area contributed by atoms with E-state index in [9.17, 15) is 19.6 Å². The van der Waals surface area contributed by atoms with Crippen LogP contribution < -0.4 is 5.73 Å². The summed E-state index contributed by atoms with van der Waals surface area (Å²) in [4.78, 5) is 46.4. The maximum atomic E-state index is 14.3. The second-order valence-corrected chi connectivity index (χ2v) is 11.6. The number of nitrogens with two attached hydrogens (primary N) is 1. The number of ketones is 1. The lowest BCUT2D eigenvalue weighted by molar-refractivity contribution is -0.136. The van der Waals surface area contributed by atoms with Gasteiger partial charge in [0.25, 0.3) is 11.8 Å². The fourth-order valence-electron chi connectivity index (χ4n) is 6.70. The third kappa shape index (κ3) is 4.71. The molecule has 3 N–H and O–H groups in total. The Morgan fingerprint density at radius 3 is 2.04 bits per heavy atom. The maximum absolute atomic E-state index is 14.3. The summed E-state index contributed by atoms with van der Waals surface area (Å²) >= 11 is 0. The van der Waals surface area contributed by atoms with Gasteiger partial charge < -0.3 is 19.9 Å². The zero-order valence-electron chi connectivity index (χ0n) is 25.4. The van der Waals surface area contributed by atoms with Crippen molar-refractivity contribution < 1.29 is 14.4 Å². The number of aromatic nitrogens is 3. The average Bonchev–Trinajstić information content (AvgIpc) is 3.82. The van der Waals surface area contributed by atoms with E-state index in [1.807, 2.05) is 92.1 Å². The Kier molecular flexibility index (Phi) is 7.35. The SMILES string of the molecule is CCn1cc(C2=C(c3cn(CC#N)c4ccccc34)C(=O)N(CCC(=O)[C@@H](N)Cc3c[nH]c4ccccc34)C2=O)c2ccccc21. The van der Waals surface area contributed by atoms with Crippen LogP contribution in [0.15, 0.2) is 91.4 Å². The summed E-state index contributed by atoms with van der Waals surface area (Å²) < 4.78 is 3.85. The van der Waals surface area contributed by atoms with Gasteiger partial charge in [0, 0.05) is 81.9 Å². The van der Waals surface area contributed by atoms with E-state index in [0.29, 0.717) is 29.7 Å². The standard InChI is InChI=1S/C37H32N6O3/c1-2-41-21-27(25-10-4-7-13-31(25)41)34-35(28-22-42(18-16-38)32-14-8-5-11-26(28)32)37(46)43(36(34)45)17-15-33(44)29(39)19-23-20-40-30-12-6-3-9-24(23)30/h3-14,20-22,29,40H,2,15,17-19,39H2,1H3/t29-/m0/s1. The van der Waals surface area contributed by atoms with E-state index >= 15 is 0 Å². The van der Waals surface area contributed by atoms with Crippen molar-refractivity contribution in [1.29, 1.82) is 5.26 Å². The molecule has 0 saturated carbocycles. The number of hydrogen-bond donors (Lipinski definition) is 2.